The minimum absolute atomic E-state index is 0.0658. The van der Waals surface area contributed by atoms with Crippen LogP contribution >= 0.6 is 0 Å². The van der Waals surface area contributed by atoms with Crippen molar-refractivity contribution in [1.82, 2.24) is 0 Å². The van der Waals surface area contributed by atoms with Gasteiger partial charge in [0.25, 0.3) is 0 Å². The summed E-state index contributed by atoms with van der Waals surface area (Å²) in [5.74, 6) is 0.724. The van der Waals surface area contributed by atoms with E-state index in [-0.39, 0.29) is 31.1 Å². The minimum atomic E-state index is -0.760. The monoisotopic (exact) mass is 723 g/mol. The maximum atomic E-state index is 12.7. The first kappa shape index (κ1) is 49.4. The first-order valence-electron chi connectivity index (χ1n) is 22.2. The van der Waals surface area contributed by atoms with Gasteiger partial charge in [0, 0.05) is 19.3 Å². The Morgan fingerprint density at radius 2 is 0.647 bits per heavy atom. The van der Waals surface area contributed by atoms with Gasteiger partial charge in [-0.25, -0.2) is 0 Å². The summed E-state index contributed by atoms with van der Waals surface area (Å²) in [6, 6.07) is 0. The van der Waals surface area contributed by atoms with Crippen molar-refractivity contribution in [3.63, 3.8) is 0 Å². The lowest BCUT2D eigenvalue weighted by atomic mass is 10.0. The highest BCUT2D eigenvalue weighted by atomic mass is 16.6. The molecule has 0 aliphatic carbocycles. The van der Waals surface area contributed by atoms with Crippen molar-refractivity contribution in [2.75, 3.05) is 13.2 Å². The molecule has 0 saturated heterocycles. The van der Waals surface area contributed by atoms with Crippen LogP contribution in [-0.2, 0) is 28.6 Å². The van der Waals surface area contributed by atoms with Gasteiger partial charge in [-0.05, 0) is 31.1 Å². The molecular weight excluding hydrogens is 636 g/mol. The van der Waals surface area contributed by atoms with Crippen molar-refractivity contribution in [3.05, 3.63) is 0 Å². The first-order chi connectivity index (χ1) is 24.7. The summed E-state index contributed by atoms with van der Waals surface area (Å²) < 4.78 is 16.7. The van der Waals surface area contributed by atoms with Crippen LogP contribution < -0.4 is 0 Å². The summed E-state index contributed by atoms with van der Waals surface area (Å²) in [5, 5.41) is 0. The Balaban J connectivity index is 4.32. The third-order valence-electron chi connectivity index (χ3n) is 9.97. The van der Waals surface area contributed by atoms with E-state index in [1.165, 1.54) is 128 Å². The molecule has 0 spiro atoms. The molecule has 302 valence electrons. The number of carbonyl (C=O) groups is 3. The lowest BCUT2D eigenvalue weighted by Crippen LogP contribution is -2.30. The molecular formula is C45H86O6. The number of rotatable bonds is 39. The molecule has 0 N–H and O–H groups in total. The highest BCUT2D eigenvalue weighted by Crippen LogP contribution is 2.16. The van der Waals surface area contributed by atoms with Gasteiger partial charge in [-0.1, -0.05) is 202 Å². The maximum absolute atomic E-state index is 12.7. The topological polar surface area (TPSA) is 78.9 Å². The zero-order chi connectivity index (χ0) is 37.6. The summed E-state index contributed by atoms with van der Waals surface area (Å²) in [6.45, 7) is 11.2. The van der Waals surface area contributed by atoms with Crippen molar-refractivity contribution in [1.29, 1.82) is 0 Å². The quantitative estimate of drug-likeness (QED) is 0.0357. The lowest BCUT2D eigenvalue weighted by Gasteiger charge is -2.18. The molecule has 1 atom stereocenters. The van der Waals surface area contributed by atoms with Crippen molar-refractivity contribution >= 4 is 17.9 Å². The summed E-state index contributed by atoms with van der Waals surface area (Å²) >= 11 is 0. The second-order valence-corrected chi connectivity index (χ2v) is 16.3. The summed E-state index contributed by atoms with van der Waals surface area (Å²) in [7, 11) is 0. The van der Waals surface area contributed by atoms with E-state index in [4.69, 9.17) is 14.2 Å². The van der Waals surface area contributed by atoms with Gasteiger partial charge in [0.05, 0.1) is 0 Å². The summed E-state index contributed by atoms with van der Waals surface area (Å²) in [4.78, 5) is 37.6. The van der Waals surface area contributed by atoms with Crippen LogP contribution in [0.2, 0.25) is 0 Å². The molecule has 0 aliphatic rings. The number of unbranched alkanes of at least 4 members (excludes halogenated alkanes) is 24. The predicted octanol–water partition coefficient (Wildman–Crippen LogP) is 13.8. The fourth-order valence-corrected chi connectivity index (χ4v) is 6.58. The van der Waals surface area contributed by atoms with Crippen LogP contribution in [0.5, 0.6) is 0 Å². The van der Waals surface area contributed by atoms with Crippen LogP contribution in [0.1, 0.15) is 240 Å². The summed E-state index contributed by atoms with van der Waals surface area (Å²) in [5.41, 5.74) is 0. The smallest absolute Gasteiger partial charge is 0.306 e. The zero-order valence-electron chi connectivity index (χ0n) is 34.7. The zero-order valence-corrected chi connectivity index (χ0v) is 34.7. The van der Waals surface area contributed by atoms with Gasteiger partial charge in [0.1, 0.15) is 13.2 Å². The van der Waals surface area contributed by atoms with Gasteiger partial charge >= 0.3 is 17.9 Å². The standard InChI is InChI=1S/C45H86O6/c1-6-7-8-9-10-11-16-19-25-30-35-43(46)49-38-42(39-50-44(47)36-31-26-22-21-24-29-34-41(4)5)51-45(48)37-32-27-20-17-14-12-13-15-18-23-28-33-40(2)3/h40-42H,6-39H2,1-5H3/t42-/m0/s1. The Labute approximate surface area is 317 Å². The van der Waals surface area contributed by atoms with Gasteiger partial charge in [-0.3, -0.25) is 14.4 Å². The Bertz CT molecular complexity index is 779. The van der Waals surface area contributed by atoms with Crippen molar-refractivity contribution in [2.24, 2.45) is 11.8 Å². The predicted molar refractivity (Wildman–Crippen MR) is 215 cm³/mol. The van der Waals surface area contributed by atoms with E-state index in [0.29, 0.717) is 19.3 Å². The van der Waals surface area contributed by atoms with Crippen LogP contribution in [0.4, 0.5) is 0 Å². The third kappa shape index (κ3) is 39.5. The number of hydrogen-bond donors (Lipinski definition) is 0. The molecule has 0 rings (SSSR count). The van der Waals surface area contributed by atoms with Crippen molar-refractivity contribution in [2.45, 2.75) is 246 Å². The number of carbonyl (C=O) groups excluding carboxylic acids is 3. The van der Waals surface area contributed by atoms with Crippen LogP contribution in [0.25, 0.3) is 0 Å². The maximum Gasteiger partial charge on any atom is 0.306 e. The molecule has 0 heterocycles. The average molecular weight is 723 g/mol. The fourth-order valence-electron chi connectivity index (χ4n) is 6.58. The third-order valence-corrected chi connectivity index (χ3v) is 9.97. The molecule has 6 heteroatoms. The van der Waals surface area contributed by atoms with Gasteiger partial charge in [0.15, 0.2) is 6.10 Å². The number of esters is 3. The molecule has 0 radical (unpaired) electrons. The van der Waals surface area contributed by atoms with E-state index in [0.717, 1.165) is 69.6 Å². The first-order valence-corrected chi connectivity index (χ1v) is 22.2. The molecule has 6 nitrogen and oxygen atoms in total. The SMILES string of the molecule is CCCCCCCCCCCCC(=O)OC[C@@H](COC(=O)CCCCCCCCC(C)C)OC(=O)CCCCCCCCCCCCCC(C)C. The Hall–Kier alpha value is -1.59. The van der Waals surface area contributed by atoms with Crippen molar-refractivity contribution < 1.29 is 28.6 Å². The van der Waals surface area contributed by atoms with Gasteiger partial charge in [-0.15, -0.1) is 0 Å². The molecule has 0 fully saturated rings. The van der Waals surface area contributed by atoms with E-state index < -0.39 is 6.10 Å². The average Bonchev–Trinajstić information content (AvgIpc) is 3.09. The lowest BCUT2D eigenvalue weighted by molar-refractivity contribution is -0.167. The van der Waals surface area contributed by atoms with E-state index >= 15 is 0 Å². The molecule has 0 aromatic rings. The van der Waals surface area contributed by atoms with E-state index in [1.54, 1.807) is 0 Å². The molecule has 0 amide bonds. The van der Waals surface area contributed by atoms with E-state index in [1.807, 2.05) is 0 Å². The minimum Gasteiger partial charge on any atom is -0.462 e. The summed E-state index contributed by atoms with van der Waals surface area (Å²) in [6.07, 6.45) is 35.3. The molecule has 0 saturated carbocycles. The highest BCUT2D eigenvalue weighted by molar-refractivity contribution is 5.71. The van der Waals surface area contributed by atoms with Crippen LogP contribution in [0, 0.1) is 11.8 Å². The van der Waals surface area contributed by atoms with Crippen molar-refractivity contribution in [3.8, 4) is 0 Å². The van der Waals surface area contributed by atoms with Crippen LogP contribution in [0.15, 0.2) is 0 Å². The van der Waals surface area contributed by atoms with E-state index in [2.05, 4.69) is 34.6 Å². The molecule has 51 heavy (non-hydrogen) atoms. The number of hydrogen-bond acceptors (Lipinski definition) is 6. The fraction of sp³-hybridized carbons (Fsp3) is 0.933. The Morgan fingerprint density at radius 3 is 0.961 bits per heavy atom. The van der Waals surface area contributed by atoms with Crippen LogP contribution in [-0.4, -0.2) is 37.2 Å². The number of ether oxygens (including phenoxy) is 3. The highest BCUT2D eigenvalue weighted by Gasteiger charge is 2.19. The van der Waals surface area contributed by atoms with Gasteiger partial charge in [0.2, 0.25) is 0 Å². The molecule has 0 aromatic heterocycles. The second kappa shape index (κ2) is 38.1. The molecule has 0 aliphatic heterocycles. The second-order valence-electron chi connectivity index (χ2n) is 16.3. The Morgan fingerprint density at radius 1 is 0.373 bits per heavy atom. The Kier molecular flexibility index (Phi) is 37.0. The largest absolute Gasteiger partial charge is 0.462 e. The molecule has 0 bridgehead atoms. The van der Waals surface area contributed by atoms with E-state index in [9.17, 15) is 14.4 Å². The van der Waals surface area contributed by atoms with Gasteiger partial charge in [-0.2, -0.15) is 0 Å². The van der Waals surface area contributed by atoms with Crippen LogP contribution in [0.3, 0.4) is 0 Å². The molecule has 0 unspecified atom stereocenters. The molecule has 0 aromatic carbocycles. The normalized spacial score (nSPS) is 12.1. The van der Waals surface area contributed by atoms with Gasteiger partial charge < -0.3 is 14.2 Å².